The lowest BCUT2D eigenvalue weighted by molar-refractivity contribution is 0.0179. The Hall–Kier alpha value is -1.43. The summed E-state index contributed by atoms with van der Waals surface area (Å²) in [6.07, 6.45) is 1.44. The topological polar surface area (TPSA) is 54.0 Å². The van der Waals surface area contributed by atoms with E-state index in [0.29, 0.717) is 46.1 Å². The largest absolute Gasteiger partial charge is 0.491 e. The lowest BCUT2D eigenvalue weighted by Crippen LogP contribution is -2.12. The number of Topliss-reactive ketones (excluding diaryl/α,β-unsaturated/α-hetero) is 1. The summed E-state index contributed by atoms with van der Waals surface area (Å²) >= 11 is 0. The van der Waals surface area contributed by atoms with Crippen molar-refractivity contribution in [1.82, 2.24) is 0 Å². The molecule has 0 saturated heterocycles. The van der Waals surface area contributed by atoms with Crippen molar-refractivity contribution in [1.29, 1.82) is 0 Å². The van der Waals surface area contributed by atoms with Gasteiger partial charge in [0.25, 0.3) is 0 Å². The zero-order chi connectivity index (χ0) is 14.9. The standard InChI is InChI=1S/C16H22O5/c1-18-6-7-19-8-9-20-10-11-21-14-3-4-15-13(12-14)2-5-16(15)17/h3-4,12H,2,5-11H2,1H3. The van der Waals surface area contributed by atoms with Gasteiger partial charge in [0.2, 0.25) is 0 Å². The van der Waals surface area contributed by atoms with Crippen LogP contribution >= 0.6 is 0 Å². The summed E-state index contributed by atoms with van der Waals surface area (Å²) in [6.45, 7) is 3.30. The van der Waals surface area contributed by atoms with Crippen LogP contribution in [-0.2, 0) is 20.6 Å². The highest BCUT2D eigenvalue weighted by molar-refractivity contribution is 6.00. The van der Waals surface area contributed by atoms with E-state index in [1.807, 2.05) is 18.2 Å². The van der Waals surface area contributed by atoms with Gasteiger partial charge in [0.05, 0.1) is 33.0 Å². The fourth-order valence-corrected chi connectivity index (χ4v) is 2.20. The lowest BCUT2D eigenvalue weighted by Gasteiger charge is -2.09. The summed E-state index contributed by atoms with van der Waals surface area (Å²) in [5.41, 5.74) is 1.93. The average Bonchev–Trinajstić information content (AvgIpc) is 2.86. The number of fused-ring (bicyclic) bond motifs is 1. The maximum atomic E-state index is 11.5. The predicted molar refractivity (Wildman–Crippen MR) is 78.1 cm³/mol. The highest BCUT2D eigenvalue weighted by atomic mass is 16.6. The molecule has 0 spiro atoms. The Bertz CT molecular complexity index is 458. The molecule has 0 aliphatic heterocycles. The number of hydrogen-bond donors (Lipinski definition) is 0. The van der Waals surface area contributed by atoms with Crippen LogP contribution in [0.1, 0.15) is 22.3 Å². The van der Waals surface area contributed by atoms with E-state index in [1.165, 1.54) is 0 Å². The number of hydrogen-bond acceptors (Lipinski definition) is 5. The third-order valence-corrected chi connectivity index (χ3v) is 3.30. The molecule has 0 radical (unpaired) electrons. The third kappa shape index (κ3) is 5.12. The van der Waals surface area contributed by atoms with E-state index in [0.717, 1.165) is 23.3 Å². The first-order chi connectivity index (χ1) is 10.3. The molecular formula is C16H22O5. The number of benzene rings is 1. The van der Waals surface area contributed by atoms with Gasteiger partial charge in [-0.25, -0.2) is 0 Å². The quantitative estimate of drug-likeness (QED) is 0.617. The molecule has 0 unspecified atom stereocenters. The SMILES string of the molecule is COCCOCCOCCOc1ccc2c(c1)CCC2=O. The number of carbonyl (C=O) groups is 1. The highest BCUT2D eigenvalue weighted by Gasteiger charge is 2.19. The molecule has 1 aliphatic rings. The molecule has 5 nitrogen and oxygen atoms in total. The van der Waals surface area contributed by atoms with Crippen molar-refractivity contribution in [2.75, 3.05) is 46.8 Å². The van der Waals surface area contributed by atoms with Crippen molar-refractivity contribution >= 4 is 5.78 Å². The molecule has 0 N–H and O–H groups in total. The molecule has 116 valence electrons. The minimum Gasteiger partial charge on any atom is -0.491 e. The molecule has 0 saturated carbocycles. The van der Waals surface area contributed by atoms with Gasteiger partial charge >= 0.3 is 0 Å². The first-order valence-corrected chi connectivity index (χ1v) is 7.24. The van der Waals surface area contributed by atoms with Crippen molar-refractivity contribution in [2.45, 2.75) is 12.8 Å². The van der Waals surface area contributed by atoms with Gasteiger partial charge < -0.3 is 18.9 Å². The Balaban J connectivity index is 1.56. The number of ether oxygens (including phenoxy) is 4. The molecule has 0 bridgehead atoms. The number of carbonyl (C=O) groups excluding carboxylic acids is 1. The molecular weight excluding hydrogens is 272 g/mol. The van der Waals surface area contributed by atoms with Crippen LogP contribution in [-0.4, -0.2) is 52.5 Å². The van der Waals surface area contributed by atoms with Crippen LogP contribution in [0, 0.1) is 0 Å². The van der Waals surface area contributed by atoms with Crippen LogP contribution in [0.2, 0.25) is 0 Å². The summed E-state index contributed by atoms with van der Waals surface area (Å²) in [5.74, 6) is 1.02. The van der Waals surface area contributed by atoms with Crippen molar-refractivity contribution in [3.8, 4) is 5.75 Å². The smallest absolute Gasteiger partial charge is 0.163 e. The van der Waals surface area contributed by atoms with E-state index < -0.39 is 0 Å². The van der Waals surface area contributed by atoms with E-state index >= 15 is 0 Å². The van der Waals surface area contributed by atoms with E-state index in [-0.39, 0.29) is 5.78 Å². The van der Waals surface area contributed by atoms with Crippen LogP contribution in [0.4, 0.5) is 0 Å². The van der Waals surface area contributed by atoms with Gasteiger partial charge in [-0.05, 0) is 30.2 Å². The van der Waals surface area contributed by atoms with E-state index in [2.05, 4.69) is 0 Å². The van der Waals surface area contributed by atoms with E-state index in [4.69, 9.17) is 18.9 Å². The summed E-state index contributed by atoms with van der Waals surface area (Å²) in [4.78, 5) is 11.5. The van der Waals surface area contributed by atoms with Crippen LogP contribution in [0.3, 0.4) is 0 Å². The van der Waals surface area contributed by atoms with Crippen LogP contribution in [0.5, 0.6) is 5.75 Å². The predicted octanol–water partition coefficient (Wildman–Crippen LogP) is 1.87. The molecule has 1 aromatic rings. The second-order valence-electron chi connectivity index (χ2n) is 4.81. The van der Waals surface area contributed by atoms with Gasteiger partial charge in [-0.1, -0.05) is 0 Å². The van der Waals surface area contributed by atoms with Crippen LogP contribution < -0.4 is 4.74 Å². The Kier molecular flexibility index (Phi) is 6.66. The maximum Gasteiger partial charge on any atom is 0.163 e. The molecule has 5 heteroatoms. The van der Waals surface area contributed by atoms with Crippen LogP contribution in [0.15, 0.2) is 18.2 Å². The van der Waals surface area contributed by atoms with Gasteiger partial charge in [-0.15, -0.1) is 0 Å². The van der Waals surface area contributed by atoms with Crippen molar-refractivity contribution in [3.05, 3.63) is 29.3 Å². The van der Waals surface area contributed by atoms with Gasteiger partial charge in [0.15, 0.2) is 5.78 Å². The fraction of sp³-hybridized carbons (Fsp3) is 0.562. The monoisotopic (exact) mass is 294 g/mol. The van der Waals surface area contributed by atoms with Gasteiger partial charge in [0, 0.05) is 19.1 Å². The summed E-state index contributed by atoms with van der Waals surface area (Å²) in [7, 11) is 1.64. The molecule has 0 aromatic heterocycles. The first-order valence-electron chi connectivity index (χ1n) is 7.24. The van der Waals surface area contributed by atoms with Crippen LogP contribution in [0.25, 0.3) is 0 Å². The molecule has 21 heavy (non-hydrogen) atoms. The van der Waals surface area contributed by atoms with E-state index in [9.17, 15) is 4.79 Å². The van der Waals surface area contributed by atoms with Gasteiger partial charge in [-0.3, -0.25) is 4.79 Å². The maximum absolute atomic E-state index is 11.5. The molecule has 0 heterocycles. The average molecular weight is 294 g/mol. The Morgan fingerprint density at radius 1 is 0.952 bits per heavy atom. The summed E-state index contributed by atoms with van der Waals surface area (Å²) in [6, 6.07) is 5.65. The molecule has 0 amide bonds. The second kappa shape index (κ2) is 8.77. The highest BCUT2D eigenvalue weighted by Crippen LogP contribution is 2.25. The molecule has 2 rings (SSSR count). The Labute approximate surface area is 125 Å². The van der Waals surface area contributed by atoms with Gasteiger partial charge in [0.1, 0.15) is 12.4 Å². The third-order valence-electron chi connectivity index (χ3n) is 3.30. The number of ketones is 1. The number of methoxy groups -OCH3 is 1. The van der Waals surface area contributed by atoms with E-state index in [1.54, 1.807) is 7.11 Å². The zero-order valence-corrected chi connectivity index (χ0v) is 12.4. The van der Waals surface area contributed by atoms with Crippen molar-refractivity contribution in [2.24, 2.45) is 0 Å². The molecule has 0 atom stereocenters. The van der Waals surface area contributed by atoms with Gasteiger partial charge in [-0.2, -0.15) is 0 Å². The molecule has 1 aliphatic carbocycles. The number of rotatable bonds is 10. The minimum absolute atomic E-state index is 0.230. The first kappa shape index (κ1) is 15.9. The van der Waals surface area contributed by atoms with Crippen molar-refractivity contribution < 1.29 is 23.7 Å². The Morgan fingerprint density at radius 2 is 1.67 bits per heavy atom. The zero-order valence-electron chi connectivity index (χ0n) is 12.4. The normalized spacial score (nSPS) is 13.5. The minimum atomic E-state index is 0.230. The fourth-order valence-electron chi connectivity index (χ4n) is 2.20. The number of aryl methyl sites for hydroxylation is 1. The summed E-state index contributed by atoms with van der Waals surface area (Å²) in [5, 5.41) is 0. The van der Waals surface area contributed by atoms with Crippen molar-refractivity contribution in [3.63, 3.8) is 0 Å². The Morgan fingerprint density at radius 3 is 2.43 bits per heavy atom. The summed E-state index contributed by atoms with van der Waals surface area (Å²) < 4.78 is 21.2. The second-order valence-corrected chi connectivity index (χ2v) is 4.81. The molecule has 1 aromatic carbocycles. The molecule has 0 fully saturated rings. The lowest BCUT2D eigenvalue weighted by atomic mass is 10.1.